The van der Waals surface area contributed by atoms with Gasteiger partial charge in [0.1, 0.15) is 0 Å². The Hall–Kier alpha value is -0.335. The van der Waals surface area contributed by atoms with E-state index < -0.39 is 0 Å². The Kier molecular flexibility index (Phi) is 3.09. The highest BCUT2D eigenvalue weighted by Crippen LogP contribution is 2.16. The average molecular weight is 189 g/mol. The second-order valence-electron chi connectivity index (χ2n) is 2.11. The molecule has 0 bridgehead atoms. The lowest BCUT2D eigenvalue weighted by atomic mass is 10.1. The lowest BCUT2D eigenvalue weighted by Gasteiger charge is -2.04. The molecule has 1 aromatic carbocycles. The van der Waals surface area contributed by atoms with Gasteiger partial charge in [-0.25, -0.2) is 0 Å². The van der Waals surface area contributed by atoms with Gasteiger partial charge in [-0.1, -0.05) is 11.6 Å². The van der Waals surface area contributed by atoms with Gasteiger partial charge in [0.05, 0.1) is 5.75 Å². The maximum absolute atomic E-state index is 5.66. The van der Waals surface area contributed by atoms with Gasteiger partial charge < -0.3 is 4.65 Å². The molecule has 0 aromatic heterocycles. The van der Waals surface area contributed by atoms with Crippen LogP contribution in [0.1, 0.15) is 0 Å². The van der Waals surface area contributed by atoms with Crippen LogP contribution in [-0.4, -0.2) is 6.33 Å². The number of hydrogen-bond acceptors (Lipinski definition) is 1. The van der Waals surface area contributed by atoms with Crippen molar-refractivity contribution in [3.8, 4) is 5.75 Å². The van der Waals surface area contributed by atoms with E-state index >= 15 is 0 Å². The van der Waals surface area contributed by atoms with Crippen LogP contribution in [0.2, 0.25) is 11.8 Å². The third-order valence-electron chi connectivity index (χ3n) is 1.11. The fourth-order valence-electron chi connectivity index (χ4n) is 0.701. The zero-order chi connectivity index (χ0) is 8.27. The van der Waals surface area contributed by atoms with Crippen LogP contribution in [0.15, 0.2) is 24.3 Å². The molecule has 1 nitrogen and oxygen atoms in total. The molecule has 4 heteroatoms. The monoisotopic (exact) mass is 188 g/mol. The Bertz CT molecular complexity index is 222. The molecule has 0 saturated heterocycles. The van der Waals surface area contributed by atoms with Gasteiger partial charge in [-0.2, -0.15) is 0 Å². The van der Waals surface area contributed by atoms with E-state index in [2.05, 4.69) is 0 Å². The van der Waals surface area contributed by atoms with Crippen molar-refractivity contribution in [3.63, 3.8) is 0 Å². The maximum Gasteiger partial charge on any atom is 0.460 e. The van der Waals surface area contributed by atoms with Crippen LogP contribution in [-0.2, 0) is 0 Å². The Morgan fingerprint density at radius 3 is 2.27 bits per heavy atom. The number of rotatable bonds is 2. The molecule has 0 aliphatic rings. The van der Waals surface area contributed by atoms with E-state index in [0.717, 1.165) is 5.75 Å². The van der Waals surface area contributed by atoms with E-state index in [-0.39, 0.29) is 6.33 Å². The molecule has 0 saturated carbocycles. The molecule has 0 unspecified atom stereocenters. The van der Waals surface area contributed by atoms with E-state index in [4.69, 9.17) is 27.7 Å². The Morgan fingerprint density at radius 2 is 1.82 bits per heavy atom. The molecule has 0 aliphatic carbocycles. The number of halogens is 2. The van der Waals surface area contributed by atoms with Crippen molar-refractivity contribution in [1.82, 2.24) is 0 Å². The van der Waals surface area contributed by atoms with Crippen molar-refractivity contribution in [2.45, 2.75) is 6.82 Å². The molecule has 11 heavy (non-hydrogen) atoms. The first kappa shape index (κ1) is 8.76. The average Bonchev–Trinajstić information content (AvgIpc) is 1.93. The molecule has 0 fully saturated rings. The van der Waals surface area contributed by atoms with E-state index in [9.17, 15) is 0 Å². The van der Waals surface area contributed by atoms with Crippen LogP contribution in [0.5, 0.6) is 5.75 Å². The van der Waals surface area contributed by atoms with Crippen molar-refractivity contribution < 1.29 is 4.65 Å². The van der Waals surface area contributed by atoms with Gasteiger partial charge in [-0.05, 0) is 31.1 Å². The van der Waals surface area contributed by atoms with Gasteiger partial charge in [0.25, 0.3) is 0 Å². The third kappa shape index (κ3) is 3.04. The SMILES string of the molecule is CB(Cl)Oc1ccc(Cl)cc1. The zero-order valence-corrected chi connectivity index (χ0v) is 7.56. The fraction of sp³-hybridized carbons (Fsp3) is 0.143. The Balaban J connectivity index is 2.66. The minimum Gasteiger partial charge on any atom is -0.546 e. The molecule has 0 radical (unpaired) electrons. The summed E-state index contributed by atoms with van der Waals surface area (Å²) >= 11 is 11.3. The highest BCUT2D eigenvalue weighted by molar-refractivity contribution is 7.02. The van der Waals surface area contributed by atoms with Crippen LogP contribution in [0.4, 0.5) is 0 Å². The summed E-state index contributed by atoms with van der Waals surface area (Å²) in [7, 11) is 0. The second kappa shape index (κ2) is 3.89. The van der Waals surface area contributed by atoms with Gasteiger partial charge >= 0.3 is 6.33 Å². The molecule has 0 heterocycles. The van der Waals surface area contributed by atoms with Gasteiger partial charge in [0.15, 0.2) is 0 Å². The molecule has 0 atom stereocenters. The lowest BCUT2D eigenvalue weighted by Crippen LogP contribution is -2.07. The first-order valence-electron chi connectivity index (χ1n) is 3.25. The van der Waals surface area contributed by atoms with Crippen LogP contribution < -0.4 is 4.65 Å². The lowest BCUT2D eigenvalue weighted by molar-refractivity contribution is 0.593. The summed E-state index contributed by atoms with van der Waals surface area (Å²) in [5.74, 6) is 0.733. The van der Waals surface area contributed by atoms with E-state index in [1.165, 1.54) is 0 Å². The van der Waals surface area contributed by atoms with Gasteiger partial charge in [-0.3, -0.25) is 0 Å². The second-order valence-corrected chi connectivity index (χ2v) is 3.17. The summed E-state index contributed by atoms with van der Waals surface area (Å²) < 4.78 is 5.18. The van der Waals surface area contributed by atoms with Crippen LogP contribution in [0, 0.1) is 0 Å². The molecule has 0 spiro atoms. The van der Waals surface area contributed by atoms with E-state index in [1.807, 2.05) is 0 Å². The van der Waals surface area contributed by atoms with E-state index in [1.54, 1.807) is 31.1 Å². The summed E-state index contributed by atoms with van der Waals surface area (Å²) in [4.78, 5) is 0. The highest BCUT2D eigenvalue weighted by Gasteiger charge is 2.03. The minimum atomic E-state index is -0.309. The Morgan fingerprint density at radius 1 is 1.27 bits per heavy atom. The normalized spacial score (nSPS) is 9.36. The van der Waals surface area contributed by atoms with Gasteiger partial charge in [0.2, 0.25) is 0 Å². The highest BCUT2D eigenvalue weighted by atomic mass is 35.5. The quantitative estimate of drug-likeness (QED) is 0.649. The summed E-state index contributed by atoms with van der Waals surface area (Å²) in [6, 6.07) is 7.08. The largest absolute Gasteiger partial charge is 0.546 e. The predicted octanol–water partition coefficient (Wildman–Crippen LogP) is 3.08. The molecule has 58 valence electrons. The van der Waals surface area contributed by atoms with E-state index in [0.29, 0.717) is 5.02 Å². The molecular weight excluding hydrogens is 182 g/mol. The first-order valence-corrected chi connectivity index (χ1v) is 4.06. The van der Waals surface area contributed by atoms with Crippen molar-refractivity contribution in [3.05, 3.63) is 29.3 Å². The van der Waals surface area contributed by atoms with Crippen LogP contribution >= 0.6 is 23.1 Å². The molecule has 1 rings (SSSR count). The summed E-state index contributed by atoms with van der Waals surface area (Å²) in [6.07, 6.45) is -0.309. The molecule has 0 aliphatic heterocycles. The summed E-state index contributed by atoms with van der Waals surface area (Å²) in [6.45, 7) is 1.76. The van der Waals surface area contributed by atoms with Gasteiger partial charge in [0, 0.05) is 5.02 Å². The number of benzene rings is 1. The molecule has 0 N–H and O–H groups in total. The molecule has 1 aromatic rings. The Labute approximate surface area is 76.3 Å². The third-order valence-corrected chi connectivity index (χ3v) is 1.45. The van der Waals surface area contributed by atoms with Crippen molar-refractivity contribution in [1.29, 1.82) is 0 Å². The minimum absolute atomic E-state index is 0.309. The summed E-state index contributed by atoms with van der Waals surface area (Å²) in [5, 5.41) is 0.694. The molecule has 0 amide bonds. The first-order chi connectivity index (χ1) is 5.18. The standard InChI is InChI=1S/C7H7BCl2O/c1-8(10)11-7-4-2-6(9)3-5-7/h2-5H,1H3. The topological polar surface area (TPSA) is 9.23 Å². The predicted molar refractivity (Wildman–Crippen MR) is 49.6 cm³/mol. The maximum atomic E-state index is 5.66. The molecular formula is C7H7BCl2O. The smallest absolute Gasteiger partial charge is 0.460 e. The summed E-state index contributed by atoms with van der Waals surface area (Å²) in [5.41, 5.74) is 0. The zero-order valence-electron chi connectivity index (χ0n) is 6.05. The van der Waals surface area contributed by atoms with Crippen molar-refractivity contribution in [2.75, 3.05) is 0 Å². The number of hydrogen-bond donors (Lipinski definition) is 0. The fourth-order valence-corrected chi connectivity index (χ4v) is 0.930. The van der Waals surface area contributed by atoms with Gasteiger partial charge in [-0.15, -0.1) is 11.5 Å². The van der Waals surface area contributed by atoms with Crippen molar-refractivity contribution >= 4 is 29.4 Å². The van der Waals surface area contributed by atoms with Crippen LogP contribution in [0.25, 0.3) is 0 Å². The van der Waals surface area contributed by atoms with Crippen molar-refractivity contribution in [2.24, 2.45) is 0 Å². The van der Waals surface area contributed by atoms with Crippen LogP contribution in [0.3, 0.4) is 0 Å².